The normalized spacial score (nSPS) is 11.8. The molecule has 0 radical (unpaired) electrons. The fourth-order valence-corrected chi connectivity index (χ4v) is 3.85. The molecular weight excluding hydrogens is 390 g/mol. The van der Waals surface area contributed by atoms with E-state index in [1.165, 1.54) is 14.1 Å². The summed E-state index contributed by atoms with van der Waals surface area (Å²) in [5, 5.41) is 5.74. The second kappa shape index (κ2) is 6.94. The number of aryl methyl sites for hydroxylation is 1. The van der Waals surface area contributed by atoms with Crippen LogP contribution in [0.4, 0.5) is 5.69 Å². The molecule has 0 amide bonds. The Kier molecular flexibility index (Phi) is 4.56. The molecule has 0 saturated carbocycles. The molecule has 4 aromatic rings. The van der Waals surface area contributed by atoms with Crippen molar-refractivity contribution in [2.45, 2.75) is 0 Å². The molecule has 0 aliphatic carbocycles. The minimum absolute atomic E-state index is 0.213. The first-order chi connectivity index (χ1) is 13.8. The second-order valence-electron chi connectivity index (χ2n) is 6.67. The standard InChI is InChI=1S/C20H19N5O3S/c1-21-29(27,28)25(3)16-6-4-13-5-7-19-18(20(26)17(13)9-16)8-14(10-22-19)15-11-23-24(2)12-15/h4-12,21H,1-3H3. The molecule has 0 aliphatic heterocycles. The third kappa shape index (κ3) is 3.34. The number of benzene rings is 1. The van der Waals surface area contributed by atoms with Crippen molar-refractivity contribution in [2.24, 2.45) is 7.05 Å². The van der Waals surface area contributed by atoms with Gasteiger partial charge >= 0.3 is 10.2 Å². The highest BCUT2D eigenvalue weighted by molar-refractivity contribution is 7.90. The van der Waals surface area contributed by atoms with E-state index in [2.05, 4.69) is 14.8 Å². The molecule has 2 aromatic carbocycles. The molecule has 1 N–H and O–H groups in total. The van der Waals surface area contributed by atoms with Gasteiger partial charge in [0.15, 0.2) is 5.43 Å². The summed E-state index contributed by atoms with van der Waals surface area (Å²) in [7, 11) is 0.918. The second-order valence-corrected chi connectivity index (χ2v) is 8.58. The molecule has 0 bridgehead atoms. The molecule has 0 aliphatic rings. The van der Waals surface area contributed by atoms with Crippen molar-refractivity contribution in [3.05, 3.63) is 65.2 Å². The highest BCUT2D eigenvalue weighted by Crippen LogP contribution is 2.24. The maximum absolute atomic E-state index is 13.3. The Hall–Kier alpha value is -3.30. The monoisotopic (exact) mass is 409 g/mol. The first kappa shape index (κ1) is 19.0. The van der Waals surface area contributed by atoms with E-state index in [-0.39, 0.29) is 5.43 Å². The van der Waals surface area contributed by atoms with Crippen molar-refractivity contribution >= 4 is 37.6 Å². The molecule has 9 heteroatoms. The molecule has 0 unspecified atom stereocenters. The van der Waals surface area contributed by atoms with Gasteiger partial charge in [-0.15, -0.1) is 0 Å². The summed E-state index contributed by atoms with van der Waals surface area (Å²) in [5.41, 5.74) is 2.39. The van der Waals surface area contributed by atoms with Crippen LogP contribution in [-0.4, -0.2) is 37.3 Å². The van der Waals surface area contributed by atoms with Crippen LogP contribution in [0.25, 0.3) is 32.8 Å². The lowest BCUT2D eigenvalue weighted by molar-refractivity contribution is 0.586. The zero-order valence-electron chi connectivity index (χ0n) is 16.1. The molecule has 0 saturated heterocycles. The predicted molar refractivity (Wildman–Crippen MR) is 114 cm³/mol. The maximum Gasteiger partial charge on any atom is 0.301 e. The Morgan fingerprint density at radius 2 is 1.79 bits per heavy atom. The summed E-state index contributed by atoms with van der Waals surface area (Å²) >= 11 is 0. The molecule has 29 heavy (non-hydrogen) atoms. The van der Waals surface area contributed by atoms with E-state index in [4.69, 9.17) is 0 Å². The van der Waals surface area contributed by atoms with Gasteiger partial charge in [-0.1, -0.05) is 12.1 Å². The average molecular weight is 409 g/mol. The Morgan fingerprint density at radius 3 is 2.48 bits per heavy atom. The number of hydrogen-bond donors (Lipinski definition) is 1. The number of fused-ring (bicyclic) bond motifs is 2. The van der Waals surface area contributed by atoms with Crippen molar-refractivity contribution in [1.82, 2.24) is 19.5 Å². The first-order valence-corrected chi connectivity index (χ1v) is 10.3. The molecule has 2 heterocycles. The highest BCUT2D eigenvalue weighted by Gasteiger charge is 2.16. The van der Waals surface area contributed by atoms with Crippen molar-refractivity contribution in [1.29, 1.82) is 0 Å². The van der Waals surface area contributed by atoms with E-state index in [1.807, 2.05) is 19.3 Å². The molecule has 0 fully saturated rings. The summed E-state index contributed by atoms with van der Waals surface area (Å²) in [6.45, 7) is 0. The number of rotatable bonds is 4. The smallest absolute Gasteiger partial charge is 0.289 e. The fraction of sp³-hybridized carbons (Fsp3) is 0.150. The number of nitrogens with one attached hydrogen (secondary N) is 1. The molecular formula is C20H19N5O3S. The zero-order chi connectivity index (χ0) is 20.8. The van der Waals surface area contributed by atoms with Gasteiger partial charge in [-0.2, -0.15) is 13.5 Å². The van der Waals surface area contributed by atoms with Crippen LogP contribution in [0.5, 0.6) is 0 Å². The Morgan fingerprint density at radius 1 is 1.03 bits per heavy atom. The van der Waals surface area contributed by atoms with Crippen LogP contribution in [0, 0.1) is 0 Å². The maximum atomic E-state index is 13.3. The Labute approximate surface area is 167 Å². The number of aromatic nitrogens is 3. The number of hydrogen-bond acceptors (Lipinski definition) is 5. The molecule has 2 aromatic heterocycles. The largest absolute Gasteiger partial charge is 0.301 e. The zero-order valence-corrected chi connectivity index (χ0v) is 16.9. The lowest BCUT2D eigenvalue weighted by Crippen LogP contribution is -2.35. The van der Waals surface area contributed by atoms with E-state index in [0.29, 0.717) is 27.4 Å². The van der Waals surface area contributed by atoms with Gasteiger partial charge in [0.05, 0.1) is 17.4 Å². The van der Waals surface area contributed by atoms with Crippen molar-refractivity contribution in [3.63, 3.8) is 0 Å². The third-order valence-electron chi connectivity index (χ3n) is 4.89. The highest BCUT2D eigenvalue weighted by atomic mass is 32.2. The van der Waals surface area contributed by atoms with E-state index < -0.39 is 10.2 Å². The van der Waals surface area contributed by atoms with Crippen LogP contribution in [0.2, 0.25) is 0 Å². The fourth-order valence-electron chi connectivity index (χ4n) is 3.19. The Bertz CT molecular complexity index is 1410. The van der Waals surface area contributed by atoms with E-state index >= 15 is 0 Å². The number of pyridine rings is 1. The summed E-state index contributed by atoms with van der Waals surface area (Å²) in [5.74, 6) is 0. The third-order valence-corrected chi connectivity index (χ3v) is 6.33. The van der Waals surface area contributed by atoms with Gasteiger partial charge in [0.25, 0.3) is 0 Å². The van der Waals surface area contributed by atoms with Crippen LogP contribution in [0.15, 0.2) is 59.8 Å². The minimum atomic E-state index is -3.67. The van der Waals surface area contributed by atoms with Gasteiger partial charge in [0, 0.05) is 55.4 Å². The van der Waals surface area contributed by atoms with Gasteiger partial charge in [-0.25, -0.2) is 4.72 Å². The van der Waals surface area contributed by atoms with Gasteiger partial charge in [0.2, 0.25) is 0 Å². The van der Waals surface area contributed by atoms with Gasteiger partial charge in [0.1, 0.15) is 0 Å². The van der Waals surface area contributed by atoms with Gasteiger partial charge < -0.3 is 0 Å². The predicted octanol–water partition coefficient (Wildman–Crippen LogP) is 2.05. The lowest BCUT2D eigenvalue weighted by Gasteiger charge is -2.18. The van der Waals surface area contributed by atoms with Crippen molar-refractivity contribution in [3.8, 4) is 11.1 Å². The van der Waals surface area contributed by atoms with Gasteiger partial charge in [-0.3, -0.25) is 18.8 Å². The summed E-state index contributed by atoms with van der Waals surface area (Å²) in [4.78, 5) is 17.8. The number of nitrogens with zero attached hydrogens (tertiary/aromatic N) is 4. The molecule has 4 rings (SSSR count). The topological polar surface area (TPSA) is 97.2 Å². The van der Waals surface area contributed by atoms with Gasteiger partial charge in [-0.05, 0) is 29.7 Å². The molecule has 8 nitrogen and oxygen atoms in total. The van der Waals surface area contributed by atoms with Crippen molar-refractivity contribution < 1.29 is 8.42 Å². The van der Waals surface area contributed by atoms with E-state index in [1.54, 1.807) is 47.4 Å². The summed E-state index contributed by atoms with van der Waals surface area (Å²) < 4.78 is 29.3. The summed E-state index contributed by atoms with van der Waals surface area (Å²) in [6, 6.07) is 10.4. The van der Waals surface area contributed by atoms with Crippen LogP contribution in [0.3, 0.4) is 0 Å². The molecule has 148 valence electrons. The van der Waals surface area contributed by atoms with Crippen molar-refractivity contribution in [2.75, 3.05) is 18.4 Å². The first-order valence-electron chi connectivity index (χ1n) is 8.83. The van der Waals surface area contributed by atoms with Crippen LogP contribution >= 0.6 is 0 Å². The molecule has 0 atom stereocenters. The van der Waals surface area contributed by atoms with E-state index in [9.17, 15) is 13.2 Å². The van der Waals surface area contributed by atoms with E-state index in [0.717, 1.165) is 15.4 Å². The van der Waals surface area contributed by atoms with Crippen LogP contribution < -0.4 is 14.5 Å². The number of anilines is 1. The Balaban J connectivity index is 1.98. The summed E-state index contributed by atoms with van der Waals surface area (Å²) in [6.07, 6.45) is 5.27. The SMILES string of the molecule is CNS(=O)(=O)N(C)c1ccc2ccc3ncc(-c4cnn(C)c4)cc3c(=O)c2c1. The average Bonchev–Trinajstić information content (AvgIpc) is 3.11. The minimum Gasteiger partial charge on any atom is -0.289 e. The van der Waals surface area contributed by atoms with Crippen LogP contribution in [0.1, 0.15) is 0 Å². The molecule has 0 spiro atoms. The quantitative estimate of drug-likeness (QED) is 0.556. The van der Waals surface area contributed by atoms with Crippen LogP contribution in [-0.2, 0) is 17.3 Å². The lowest BCUT2D eigenvalue weighted by atomic mass is 10.1.